The van der Waals surface area contributed by atoms with Crippen molar-refractivity contribution < 1.29 is 0 Å². The molecule has 0 atom stereocenters. The van der Waals surface area contributed by atoms with Crippen LogP contribution in [0.2, 0.25) is 5.15 Å². The molecule has 1 aromatic carbocycles. The quantitative estimate of drug-likeness (QED) is 0.825. The first-order chi connectivity index (χ1) is 8.72. The lowest BCUT2D eigenvalue weighted by Gasteiger charge is -2.02. The molecular weight excluding hydrogens is 246 g/mol. The molecule has 0 saturated heterocycles. The summed E-state index contributed by atoms with van der Waals surface area (Å²) in [4.78, 5) is 0. The van der Waals surface area contributed by atoms with Crippen molar-refractivity contribution in [3.05, 3.63) is 57.9 Å². The zero-order valence-corrected chi connectivity index (χ0v) is 10.5. The number of aromatic nitrogens is 2. The molecule has 1 aromatic heterocycles. The minimum absolute atomic E-state index is 0.135. The largest absolute Gasteiger partial charge is 0.192 e. The third-order valence-electron chi connectivity index (χ3n) is 2.51. The van der Waals surface area contributed by atoms with E-state index in [4.69, 9.17) is 16.9 Å². The first-order valence-electron chi connectivity index (χ1n) is 5.38. The fourth-order valence-corrected chi connectivity index (χ4v) is 1.75. The molecular formula is C14H10ClN3. The lowest BCUT2D eigenvalue weighted by atomic mass is 10.1. The van der Waals surface area contributed by atoms with Crippen LogP contribution in [0.4, 0.5) is 0 Å². The number of rotatable bonds is 2. The summed E-state index contributed by atoms with van der Waals surface area (Å²) in [7, 11) is 0. The molecule has 0 spiro atoms. The highest BCUT2D eigenvalue weighted by Gasteiger charge is 2.09. The van der Waals surface area contributed by atoms with Crippen LogP contribution in [0, 0.1) is 18.3 Å². The fraction of sp³-hybridized carbons (Fsp3) is 0.0714. The molecule has 2 rings (SSSR count). The number of nitriles is 1. The minimum atomic E-state index is 0.135. The van der Waals surface area contributed by atoms with E-state index in [-0.39, 0.29) is 5.15 Å². The molecule has 0 N–H and O–H groups in total. The zero-order chi connectivity index (χ0) is 13.0. The molecule has 1 heterocycles. The SMILES string of the molecule is Cc1nnc(Cl)c(C#N)c1/C=C/c1ccccc1. The summed E-state index contributed by atoms with van der Waals surface area (Å²) in [6, 6.07) is 11.9. The smallest absolute Gasteiger partial charge is 0.170 e. The molecule has 0 amide bonds. The van der Waals surface area contributed by atoms with Crippen LogP contribution in [0.3, 0.4) is 0 Å². The zero-order valence-electron chi connectivity index (χ0n) is 9.76. The van der Waals surface area contributed by atoms with Crippen molar-refractivity contribution in [1.29, 1.82) is 5.26 Å². The fourth-order valence-electron chi connectivity index (χ4n) is 1.57. The van der Waals surface area contributed by atoms with E-state index in [9.17, 15) is 0 Å². The molecule has 0 aliphatic carbocycles. The molecule has 0 radical (unpaired) electrons. The molecule has 88 valence electrons. The second kappa shape index (κ2) is 5.44. The van der Waals surface area contributed by atoms with E-state index in [1.807, 2.05) is 42.5 Å². The van der Waals surface area contributed by atoms with Crippen LogP contribution in [-0.2, 0) is 0 Å². The van der Waals surface area contributed by atoms with Gasteiger partial charge in [-0.05, 0) is 12.5 Å². The third-order valence-corrected chi connectivity index (χ3v) is 2.77. The Morgan fingerprint density at radius 3 is 2.56 bits per heavy atom. The Labute approximate surface area is 110 Å². The number of benzene rings is 1. The van der Waals surface area contributed by atoms with Gasteiger partial charge in [-0.2, -0.15) is 10.4 Å². The van der Waals surface area contributed by atoms with Crippen LogP contribution >= 0.6 is 11.6 Å². The predicted octanol–water partition coefficient (Wildman–Crippen LogP) is 3.48. The van der Waals surface area contributed by atoms with Crippen molar-refractivity contribution in [2.45, 2.75) is 6.92 Å². The van der Waals surface area contributed by atoms with Gasteiger partial charge in [0.15, 0.2) is 5.15 Å². The van der Waals surface area contributed by atoms with Gasteiger partial charge in [0.25, 0.3) is 0 Å². The Kier molecular flexibility index (Phi) is 3.71. The van der Waals surface area contributed by atoms with Gasteiger partial charge in [0.05, 0.1) is 5.69 Å². The first kappa shape index (κ1) is 12.3. The van der Waals surface area contributed by atoms with Crippen molar-refractivity contribution in [2.75, 3.05) is 0 Å². The molecule has 0 aliphatic rings. The average Bonchev–Trinajstić information content (AvgIpc) is 2.41. The maximum absolute atomic E-state index is 9.08. The van der Waals surface area contributed by atoms with Gasteiger partial charge in [-0.1, -0.05) is 54.1 Å². The number of hydrogen-bond acceptors (Lipinski definition) is 3. The summed E-state index contributed by atoms with van der Waals surface area (Å²) < 4.78 is 0. The summed E-state index contributed by atoms with van der Waals surface area (Å²) in [5, 5.41) is 16.9. The Hall–Kier alpha value is -2.18. The molecule has 0 bridgehead atoms. The number of nitrogens with zero attached hydrogens (tertiary/aromatic N) is 3. The Morgan fingerprint density at radius 1 is 1.17 bits per heavy atom. The van der Waals surface area contributed by atoms with Gasteiger partial charge < -0.3 is 0 Å². The average molecular weight is 256 g/mol. The Balaban J connectivity index is 2.44. The van der Waals surface area contributed by atoms with Crippen molar-refractivity contribution in [1.82, 2.24) is 10.2 Å². The molecule has 0 saturated carbocycles. The summed E-state index contributed by atoms with van der Waals surface area (Å²) in [6.45, 7) is 1.80. The molecule has 2 aromatic rings. The molecule has 0 fully saturated rings. The molecule has 3 nitrogen and oxygen atoms in total. The highest BCUT2D eigenvalue weighted by atomic mass is 35.5. The Bertz CT molecular complexity index is 627. The number of halogens is 1. The van der Waals surface area contributed by atoms with Crippen molar-refractivity contribution in [2.24, 2.45) is 0 Å². The standard InChI is InChI=1S/C14H10ClN3/c1-10-12(13(9-16)14(15)18-17-10)8-7-11-5-3-2-4-6-11/h2-8H,1H3/b8-7+. The lowest BCUT2D eigenvalue weighted by Crippen LogP contribution is -1.96. The van der Waals surface area contributed by atoms with Crippen LogP contribution in [0.5, 0.6) is 0 Å². The van der Waals surface area contributed by atoms with Crippen LogP contribution < -0.4 is 0 Å². The van der Waals surface area contributed by atoms with Gasteiger partial charge in [-0.15, -0.1) is 5.10 Å². The van der Waals surface area contributed by atoms with E-state index in [1.54, 1.807) is 6.92 Å². The van der Waals surface area contributed by atoms with Crippen LogP contribution in [0.15, 0.2) is 30.3 Å². The summed E-state index contributed by atoms with van der Waals surface area (Å²) in [5.41, 5.74) is 2.80. The summed E-state index contributed by atoms with van der Waals surface area (Å²) in [6.07, 6.45) is 3.75. The molecule has 18 heavy (non-hydrogen) atoms. The summed E-state index contributed by atoms with van der Waals surface area (Å²) >= 11 is 5.85. The monoisotopic (exact) mass is 255 g/mol. The Morgan fingerprint density at radius 2 is 1.89 bits per heavy atom. The second-order valence-electron chi connectivity index (χ2n) is 3.72. The van der Waals surface area contributed by atoms with E-state index < -0.39 is 0 Å². The van der Waals surface area contributed by atoms with Crippen LogP contribution in [-0.4, -0.2) is 10.2 Å². The van der Waals surface area contributed by atoms with E-state index in [1.165, 1.54) is 0 Å². The van der Waals surface area contributed by atoms with Gasteiger partial charge in [0.2, 0.25) is 0 Å². The van der Waals surface area contributed by atoms with Gasteiger partial charge in [0, 0.05) is 5.56 Å². The maximum atomic E-state index is 9.08. The predicted molar refractivity (Wildman–Crippen MR) is 71.9 cm³/mol. The topological polar surface area (TPSA) is 49.6 Å². The van der Waals surface area contributed by atoms with Gasteiger partial charge >= 0.3 is 0 Å². The third kappa shape index (κ3) is 2.55. The second-order valence-corrected chi connectivity index (χ2v) is 4.08. The van der Waals surface area contributed by atoms with E-state index in [0.717, 1.165) is 5.56 Å². The first-order valence-corrected chi connectivity index (χ1v) is 5.76. The molecule has 0 unspecified atom stereocenters. The summed E-state index contributed by atoms with van der Waals surface area (Å²) in [5.74, 6) is 0. The number of hydrogen-bond donors (Lipinski definition) is 0. The van der Waals surface area contributed by atoms with Crippen molar-refractivity contribution in [3.8, 4) is 6.07 Å². The maximum Gasteiger partial charge on any atom is 0.170 e. The van der Waals surface area contributed by atoms with Gasteiger partial charge in [0.1, 0.15) is 11.6 Å². The van der Waals surface area contributed by atoms with Gasteiger partial charge in [-0.25, -0.2) is 0 Å². The van der Waals surface area contributed by atoms with E-state index >= 15 is 0 Å². The highest BCUT2D eigenvalue weighted by molar-refractivity contribution is 6.30. The van der Waals surface area contributed by atoms with Crippen LogP contribution in [0.1, 0.15) is 22.4 Å². The van der Waals surface area contributed by atoms with Crippen molar-refractivity contribution in [3.63, 3.8) is 0 Å². The minimum Gasteiger partial charge on any atom is -0.192 e. The van der Waals surface area contributed by atoms with Crippen molar-refractivity contribution >= 4 is 23.8 Å². The van der Waals surface area contributed by atoms with Crippen LogP contribution in [0.25, 0.3) is 12.2 Å². The highest BCUT2D eigenvalue weighted by Crippen LogP contribution is 2.20. The number of aryl methyl sites for hydroxylation is 1. The molecule has 4 heteroatoms. The lowest BCUT2D eigenvalue weighted by molar-refractivity contribution is 0.970. The van der Waals surface area contributed by atoms with E-state index in [0.29, 0.717) is 16.8 Å². The normalized spacial score (nSPS) is 10.5. The molecule has 0 aliphatic heterocycles. The van der Waals surface area contributed by atoms with Gasteiger partial charge in [-0.3, -0.25) is 0 Å². The van der Waals surface area contributed by atoms with E-state index in [2.05, 4.69) is 16.3 Å².